The lowest BCUT2D eigenvalue weighted by Crippen LogP contribution is -2.09. The molecule has 0 aliphatic carbocycles. The van der Waals surface area contributed by atoms with Crippen LogP contribution in [0.2, 0.25) is 0 Å². The third-order valence-corrected chi connectivity index (χ3v) is 2.57. The summed E-state index contributed by atoms with van der Waals surface area (Å²) in [6.45, 7) is 3.03. The first kappa shape index (κ1) is 11.5. The Morgan fingerprint density at radius 1 is 1.41 bits per heavy atom. The fourth-order valence-corrected chi connectivity index (χ4v) is 1.73. The maximum Gasteiger partial charge on any atom is 0.307 e. The maximum absolute atomic E-state index is 10.7. The lowest BCUT2D eigenvalue weighted by Gasteiger charge is -2.17. The Balaban J connectivity index is 2.31. The largest absolute Gasteiger partial charge is 0.494 e. The van der Waals surface area contributed by atoms with Crippen molar-refractivity contribution in [3.05, 3.63) is 41.2 Å². The van der Waals surface area contributed by atoms with Gasteiger partial charge < -0.3 is 14.6 Å². The van der Waals surface area contributed by atoms with Crippen LogP contribution in [0.25, 0.3) is 5.76 Å². The first-order chi connectivity index (χ1) is 8.16. The third-order valence-electron chi connectivity index (χ3n) is 2.57. The van der Waals surface area contributed by atoms with Crippen LogP contribution in [0.15, 0.2) is 24.5 Å². The minimum atomic E-state index is -0.838. The highest BCUT2D eigenvalue weighted by Gasteiger charge is 2.12. The van der Waals surface area contributed by atoms with Crippen molar-refractivity contribution in [2.75, 3.05) is 13.2 Å². The molecule has 1 aliphatic heterocycles. The van der Waals surface area contributed by atoms with Gasteiger partial charge in [-0.3, -0.25) is 4.79 Å². The molecule has 1 heterocycles. The van der Waals surface area contributed by atoms with Gasteiger partial charge in [-0.25, -0.2) is 0 Å². The highest BCUT2D eigenvalue weighted by Crippen LogP contribution is 2.23. The summed E-state index contributed by atoms with van der Waals surface area (Å²) in [6.07, 6.45) is 1.60. The standard InChI is InChI=1S/C13H14O4/c1-9-2-3-10(7-13(14)15)6-11(9)12-8-16-4-5-17-12/h2-3,6,8H,4-5,7H2,1H3,(H,14,15). The van der Waals surface area contributed by atoms with Crippen LogP contribution in [0.5, 0.6) is 0 Å². The molecule has 0 saturated carbocycles. The Morgan fingerprint density at radius 2 is 2.24 bits per heavy atom. The van der Waals surface area contributed by atoms with E-state index in [1.807, 2.05) is 25.1 Å². The molecule has 0 radical (unpaired) electrons. The third kappa shape index (κ3) is 2.78. The van der Waals surface area contributed by atoms with Crippen LogP contribution in [0, 0.1) is 6.92 Å². The molecule has 1 aliphatic rings. The molecule has 0 unspecified atom stereocenters. The topological polar surface area (TPSA) is 55.8 Å². The van der Waals surface area contributed by atoms with Gasteiger partial charge in [-0.2, -0.15) is 0 Å². The van der Waals surface area contributed by atoms with Crippen molar-refractivity contribution in [3.8, 4) is 0 Å². The van der Waals surface area contributed by atoms with E-state index in [2.05, 4.69) is 0 Å². The smallest absolute Gasteiger partial charge is 0.307 e. The van der Waals surface area contributed by atoms with Gasteiger partial charge in [-0.1, -0.05) is 12.1 Å². The Bertz CT molecular complexity index is 462. The van der Waals surface area contributed by atoms with Crippen LogP contribution >= 0.6 is 0 Å². The zero-order chi connectivity index (χ0) is 12.3. The predicted molar refractivity (Wildman–Crippen MR) is 62.4 cm³/mol. The zero-order valence-electron chi connectivity index (χ0n) is 9.60. The van der Waals surface area contributed by atoms with E-state index in [0.717, 1.165) is 16.7 Å². The lowest BCUT2D eigenvalue weighted by molar-refractivity contribution is -0.136. The molecule has 0 amide bonds. The molecular formula is C13H14O4. The van der Waals surface area contributed by atoms with Crippen molar-refractivity contribution in [2.24, 2.45) is 0 Å². The van der Waals surface area contributed by atoms with Crippen LogP contribution < -0.4 is 0 Å². The van der Waals surface area contributed by atoms with E-state index in [1.54, 1.807) is 6.26 Å². The highest BCUT2D eigenvalue weighted by atomic mass is 16.6. The average Bonchev–Trinajstić information content (AvgIpc) is 2.32. The van der Waals surface area contributed by atoms with Gasteiger partial charge in [0.25, 0.3) is 0 Å². The van der Waals surface area contributed by atoms with Gasteiger partial charge in [0, 0.05) is 5.56 Å². The van der Waals surface area contributed by atoms with Gasteiger partial charge in [0.2, 0.25) is 0 Å². The molecule has 0 bridgehead atoms. The molecule has 90 valence electrons. The minimum absolute atomic E-state index is 0.0153. The molecule has 1 N–H and O–H groups in total. The molecule has 2 rings (SSSR count). The Labute approximate surface area is 99.5 Å². The lowest BCUT2D eigenvalue weighted by atomic mass is 10.0. The van der Waals surface area contributed by atoms with Crippen molar-refractivity contribution >= 4 is 11.7 Å². The fourth-order valence-electron chi connectivity index (χ4n) is 1.73. The number of benzene rings is 1. The first-order valence-electron chi connectivity index (χ1n) is 5.43. The van der Waals surface area contributed by atoms with E-state index in [1.165, 1.54) is 0 Å². The van der Waals surface area contributed by atoms with Gasteiger partial charge in [0.1, 0.15) is 19.5 Å². The van der Waals surface area contributed by atoms with Crippen molar-refractivity contribution in [1.29, 1.82) is 0 Å². The van der Waals surface area contributed by atoms with Gasteiger partial charge in [-0.15, -0.1) is 0 Å². The molecule has 4 heteroatoms. The number of ether oxygens (including phenoxy) is 2. The Hall–Kier alpha value is -1.97. The molecule has 1 aromatic carbocycles. The minimum Gasteiger partial charge on any atom is -0.494 e. The summed E-state index contributed by atoms with van der Waals surface area (Å²) >= 11 is 0. The van der Waals surface area contributed by atoms with Crippen molar-refractivity contribution < 1.29 is 19.4 Å². The number of carboxylic acid groups (broad SMARTS) is 1. The second kappa shape index (κ2) is 4.91. The number of aliphatic carboxylic acids is 1. The maximum atomic E-state index is 10.7. The van der Waals surface area contributed by atoms with Crippen molar-refractivity contribution in [2.45, 2.75) is 13.3 Å². The molecule has 0 atom stereocenters. The number of hydrogen-bond acceptors (Lipinski definition) is 3. The van der Waals surface area contributed by atoms with E-state index in [4.69, 9.17) is 14.6 Å². The number of hydrogen-bond donors (Lipinski definition) is 1. The second-order valence-electron chi connectivity index (χ2n) is 3.92. The molecular weight excluding hydrogens is 220 g/mol. The highest BCUT2D eigenvalue weighted by molar-refractivity contribution is 5.71. The normalized spacial score (nSPS) is 14.5. The summed E-state index contributed by atoms with van der Waals surface area (Å²) in [5.74, 6) is -0.171. The summed E-state index contributed by atoms with van der Waals surface area (Å²) < 4.78 is 10.7. The number of carboxylic acids is 1. The summed E-state index contributed by atoms with van der Waals surface area (Å²) in [4.78, 5) is 10.7. The quantitative estimate of drug-likeness (QED) is 0.868. The predicted octanol–water partition coefficient (Wildman–Crippen LogP) is 1.97. The Morgan fingerprint density at radius 3 is 2.88 bits per heavy atom. The SMILES string of the molecule is Cc1ccc(CC(=O)O)cc1C1=COCCO1. The van der Waals surface area contributed by atoms with E-state index in [0.29, 0.717) is 19.0 Å². The number of rotatable bonds is 3. The monoisotopic (exact) mass is 234 g/mol. The van der Waals surface area contributed by atoms with Crippen molar-refractivity contribution in [3.63, 3.8) is 0 Å². The average molecular weight is 234 g/mol. The van der Waals surface area contributed by atoms with Crippen LogP contribution in [0.1, 0.15) is 16.7 Å². The molecule has 4 nitrogen and oxygen atoms in total. The van der Waals surface area contributed by atoms with E-state index in [-0.39, 0.29) is 6.42 Å². The van der Waals surface area contributed by atoms with E-state index in [9.17, 15) is 4.79 Å². The Kier molecular flexibility index (Phi) is 3.32. The zero-order valence-corrected chi connectivity index (χ0v) is 9.60. The van der Waals surface area contributed by atoms with E-state index < -0.39 is 5.97 Å². The summed E-state index contributed by atoms with van der Waals surface area (Å²) in [7, 11) is 0. The van der Waals surface area contributed by atoms with Crippen LogP contribution in [-0.4, -0.2) is 24.3 Å². The van der Waals surface area contributed by atoms with Crippen LogP contribution in [0.4, 0.5) is 0 Å². The molecule has 0 spiro atoms. The molecule has 0 fully saturated rings. The summed E-state index contributed by atoms with van der Waals surface area (Å²) in [6, 6.07) is 5.55. The number of carbonyl (C=O) groups is 1. The molecule has 0 aromatic heterocycles. The number of aryl methyl sites for hydroxylation is 1. The molecule has 17 heavy (non-hydrogen) atoms. The molecule has 0 saturated heterocycles. The summed E-state index contributed by atoms with van der Waals surface area (Å²) in [5, 5.41) is 8.77. The van der Waals surface area contributed by atoms with Crippen LogP contribution in [-0.2, 0) is 20.7 Å². The van der Waals surface area contributed by atoms with Crippen molar-refractivity contribution in [1.82, 2.24) is 0 Å². The second-order valence-corrected chi connectivity index (χ2v) is 3.92. The summed E-state index contributed by atoms with van der Waals surface area (Å²) in [5.41, 5.74) is 2.69. The van der Waals surface area contributed by atoms with E-state index >= 15 is 0 Å². The van der Waals surface area contributed by atoms with Gasteiger partial charge in [0.05, 0.1) is 6.42 Å². The van der Waals surface area contributed by atoms with Gasteiger partial charge >= 0.3 is 5.97 Å². The molecule has 1 aromatic rings. The van der Waals surface area contributed by atoms with Crippen LogP contribution in [0.3, 0.4) is 0 Å². The van der Waals surface area contributed by atoms with Gasteiger partial charge in [0.15, 0.2) is 5.76 Å². The first-order valence-corrected chi connectivity index (χ1v) is 5.43. The fraction of sp³-hybridized carbons (Fsp3) is 0.308. The van der Waals surface area contributed by atoms with Gasteiger partial charge in [-0.05, 0) is 24.1 Å².